The van der Waals surface area contributed by atoms with Crippen molar-refractivity contribution < 1.29 is 9.47 Å². The molecule has 112 valence electrons. The fraction of sp³-hybridized carbons (Fsp3) is 0.667. The Labute approximate surface area is 125 Å². The van der Waals surface area contributed by atoms with Crippen molar-refractivity contribution in [2.24, 2.45) is 5.92 Å². The van der Waals surface area contributed by atoms with Gasteiger partial charge in [0.2, 0.25) is 0 Å². The fourth-order valence-corrected chi connectivity index (χ4v) is 2.76. The van der Waals surface area contributed by atoms with Gasteiger partial charge in [0.15, 0.2) is 0 Å². The molecule has 1 saturated heterocycles. The first-order chi connectivity index (χ1) is 9.81. The lowest BCUT2D eigenvalue weighted by molar-refractivity contribution is -0.00752. The third kappa shape index (κ3) is 4.70. The highest BCUT2D eigenvalue weighted by Crippen LogP contribution is 2.30. The number of pyridine rings is 1. The summed E-state index contributed by atoms with van der Waals surface area (Å²) < 4.78 is 11.1. The van der Waals surface area contributed by atoms with Gasteiger partial charge in [-0.3, -0.25) is 4.98 Å². The molecule has 1 aliphatic heterocycles. The Bertz CT molecular complexity index is 397. The SMILES string of the molecule is COCCCOC(c1cc(Cl)ccn1)C1CCCNC1. The molecule has 2 heterocycles. The van der Waals surface area contributed by atoms with Crippen LogP contribution in [-0.2, 0) is 9.47 Å². The maximum absolute atomic E-state index is 6.08. The summed E-state index contributed by atoms with van der Waals surface area (Å²) in [5, 5.41) is 4.15. The van der Waals surface area contributed by atoms with Gasteiger partial charge in [0.25, 0.3) is 0 Å². The zero-order valence-corrected chi connectivity index (χ0v) is 12.7. The van der Waals surface area contributed by atoms with Gasteiger partial charge in [-0.05, 0) is 37.9 Å². The zero-order chi connectivity index (χ0) is 14.2. The molecule has 1 aromatic heterocycles. The normalized spacial score (nSPS) is 20.8. The third-order valence-corrected chi connectivity index (χ3v) is 3.82. The van der Waals surface area contributed by atoms with Crippen LogP contribution >= 0.6 is 11.6 Å². The van der Waals surface area contributed by atoms with Crippen LogP contribution in [0, 0.1) is 5.92 Å². The number of piperidine rings is 1. The molecule has 1 aromatic rings. The number of nitrogens with zero attached hydrogens (tertiary/aromatic N) is 1. The molecule has 0 bridgehead atoms. The largest absolute Gasteiger partial charge is 0.385 e. The summed E-state index contributed by atoms with van der Waals surface area (Å²) >= 11 is 6.08. The summed E-state index contributed by atoms with van der Waals surface area (Å²) in [6.07, 6.45) is 5.00. The minimum atomic E-state index is 0.0124. The second-order valence-corrected chi connectivity index (χ2v) is 5.58. The minimum absolute atomic E-state index is 0.0124. The first-order valence-electron chi connectivity index (χ1n) is 7.24. The average molecular weight is 299 g/mol. The predicted octanol–water partition coefficient (Wildman–Crippen LogP) is 2.83. The van der Waals surface area contributed by atoms with Crippen molar-refractivity contribution in [2.45, 2.75) is 25.4 Å². The lowest BCUT2D eigenvalue weighted by Gasteiger charge is -2.30. The maximum Gasteiger partial charge on any atom is 0.103 e. The molecule has 0 saturated carbocycles. The van der Waals surface area contributed by atoms with Crippen molar-refractivity contribution >= 4 is 11.6 Å². The van der Waals surface area contributed by atoms with Crippen molar-refractivity contribution in [3.63, 3.8) is 0 Å². The van der Waals surface area contributed by atoms with E-state index in [1.165, 1.54) is 6.42 Å². The van der Waals surface area contributed by atoms with Crippen molar-refractivity contribution in [1.29, 1.82) is 0 Å². The van der Waals surface area contributed by atoms with Gasteiger partial charge in [-0.2, -0.15) is 0 Å². The molecule has 0 spiro atoms. The molecule has 0 aromatic carbocycles. The highest BCUT2D eigenvalue weighted by Gasteiger charge is 2.26. The van der Waals surface area contributed by atoms with Crippen molar-refractivity contribution in [3.05, 3.63) is 29.0 Å². The van der Waals surface area contributed by atoms with E-state index in [1.54, 1.807) is 19.4 Å². The molecule has 1 aliphatic rings. The van der Waals surface area contributed by atoms with E-state index < -0.39 is 0 Å². The fourth-order valence-electron chi connectivity index (χ4n) is 2.59. The van der Waals surface area contributed by atoms with E-state index in [1.807, 2.05) is 6.07 Å². The maximum atomic E-state index is 6.08. The van der Waals surface area contributed by atoms with Gasteiger partial charge < -0.3 is 14.8 Å². The second kappa shape index (κ2) is 8.57. The number of hydrogen-bond donors (Lipinski definition) is 1. The van der Waals surface area contributed by atoms with E-state index in [0.29, 0.717) is 17.5 Å². The van der Waals surface area contributed by atoms with Crippen LogP contribution in [0.2, 0.25) is 5.02 Å². The van der Waals surface area contributed by atoms with Gasteiger partial charge in [0.05, 0.1) is 5.69 Å². The van der Waals surface area contributed by atoms with E-state index >= 15 is 0 Å². The Kier molecular flexibility index (Phi) is 6.73. The highest BCUT2D eigenvalue weighted by molar-refractivity contribution is 6.30. The number of methoxy groups -OCH3 is 1. The number of nitrogens with one attached hydrogen (secondary N) is 1. The van der Waals surface area contributed by atoms with Crippen LogP contribution in [0.25, 0.3) is 0 Å². The van der Waals surface area contributed by atoms with Crippen molar-refractivity contribution in [2.75, 3.05) is 33.4 Å². The van der Waals surface area contributed by atoms with Crippen LogP contribution in [0.5, 0.6) is 0 Å². The second-order valence-electron chi connectivity index (χ2n) is 5.14. The molecule has 20 heavy (non-hydrogen) atoms. The first kappa shape index (κ1) is 15.7. The monoisotopic (exact) mass is 298 g/mol. The third-order valence-electron chi connectivity index (χ3n) is 3.59. The molecule has 2 atom stereocenters. The van der Waals surface area contributed by atoms with Crippen molar-refractivity contribution in [3.8, 4) is 0 Å². The van der Waals surface area contributed by atoms with E-state index in [-0.39, 0.29) is 6.10 Å². The lowest BCUT2D eigenvalue weighted by atomic mass is 9.91. The Balaban J connectivity index is 2.02. The molecular formula is C15H23ClN2O2. The summed E-state index contributed by atoms with van der Waals surface area (Å²) in [4.78, 5) is 4.45. The van der Waals surface area contributed by atoms with Crippen LogP contribution in [0.4, 0.5) is 0 Å². The standard InChI is InChI=1S/C15H23ClN2O2/c1-19-8-3-9-20-15(12-4-2-6-17-11-12)14-10-13(16)5-7-18-14/h5,7,10,12,15,17H,2-4,6,8-9,11H2,1H3. The molecule has 4 nitrogen and oxygen atoms in total. The van der Waals surface area contributed by atoms with Gasteiger partial charge in [-0.15, -0.1) is 0 Å². The van der Waals surface area contributed by atoms with E-state index in [9.17, 15) is 0 Å². The van der Waals surface area contributed by atoms with Gasteiger partial charge in [0.1, 0.15) is 6.10 Å². The molecule has 1 fully saturated rings. The molecule has 0 radical (unpaired) electrons. The Morgan fingerprint density at radius 3 is 3.10 bits per heavy atom. The summed E-state index contributed by atoms with van der Waals surface area (Å²) in [5.74, 6) is 0.456. The number of hydrogen-bond acceptors (Lipinski definition) is 4. The van der Waals surface area contributed by atoms with Gasteiger partial charge >= 0.3 is 0 Å². The Hall–Kier alpha value is -0.680. The average Bonchev–Trinajstić information content (AvgIpc) is 2.48. The number of ether oxygens (including phenoxy) is 2. The molecule has 5 heteroatoms. The molecule has 0 amide bonds. The Morgan fingerprint density at radius 1 is 1.50 bits per heavy atom. The molecule has 2 unspecified atom stereocenters. The lowest BCUT2D eigenvalue weighted by Crippen LogP contribution is -2.34. The van der Waals surface area contributed by atoms with E-state index in [2.05, 4.69) is 10.3 Å². The highest BCUT2D eigenvalue weighted by atomic mass is 35.5. The molecular weight excluding hydrogens is 276 g/mol. The van der Waals surface area contributed by atoms with Crippen LogP contribution in [0.1, 0.15) is 31.1 Å². The summed E-state index contributed by atoms with van der Waals surface area (Å²) in [6, 6.07) is 3.71. The van der Waals surface area contributed by atoms with Crippen LogP contribution in [0.3, 0.4) is 0 Å². The Morgan fingerprint density at radius 2 is 2.40 bits per heavy atom. The quantitative estimate of drug-likeness (QED) is 0.786. The van der Waals surface area contributed by atoms with Crippen LogP contribution in [0.15, 0.2) is 18.3 Å². The first-order valence-corrected chi connectivity index (χ1v) is 7.62. The van der Waals surface area contributed by atoms with Gasteiger partial charge in [-0.25, -0.2) is 0 Å². The molecule has 2 rings (SSSR count). The van der Waals surface area contributed by atoms with E-state index in [4.69, 9.17) is 21.1 Å². The van der Waals surface area contributed by atoms with Gasteiger partial charge in [0, 0.05) is 44.0 Å². The zero-order valence-electron chi connectivity index (χ0n) is 12.0. The number of halogens is 1. The number of rotatable bonds is 7. The van der Waals surface area contributed by atoms with Crippen LogP contribution < -0.4 is 5.32 Å². The molecule has 1 N–H and O–H groups in total. The van der Waals surface area contributed by atoms with Gasteiger partial charge in [-0.1, -0.05) is 11.6 Å². The smallest absolute Gasteiger partial charge is 0.103 e. The summed E-state index contributed by atoms with van der Waals surface area (Å²) in [5.41, 5.74) is 0.934. The summed E-state index contributed by atoms with van der Waals surface area (Å²) in [6.45, 7) is 3.47. The topological polar surface area (TPSA) is 43.4 Å². The van der Waals surface area contributed by atoms with Crippen molar-refractivity contribution in [1.82, 2.24) is 10.3 Å². The molecule has 0 aliphatic carbocycles. The predicted molar refractivity (Wildman–Crippen MR) is 80.0 cm³/mol. The van der Waals surface area contributed by atoms with Crippen LogP contribution in [-0.4, -0.2) is 38.4 Å². The minimum Gasteiger partial charge on any atom is -0.385 e. The number of aromatic nitrogens is 1. The summed E-state index contributed by atoms with van der Waals surface area (Å²) in [7, 11) is 1.71. The van der Waals surface area contributed by atoms with E-state index in [0.717, 1.165) is 38.2 Å².